The Balaban J connectivity index is 1.81. The van der Waals surface area contributed by atoms with Crippen LogP contribution in [0.5, 0.6) is 0 Å². The first kappa shape index (κ1) is 18.5. The number of hydrogen-bond acceptors (Lipinski definition) is 3. The number of carbonyl (C=O) groups is 1. The second-order valence-electron chi connectivity index (χ2n) is 7.32. The van der Waals surface area contributed by atoms with Crippen LogP contribution in [0.15, 0.2) is 58.3 Å². The van der Waals surface area contributed by atoms with E-state index in [2.05, 4.69) is 19.1 Å². The largest absolute Gasteiger partial charge is 0.451 e. The highest BCUT2D eigenvalue weighted by atomic mass is 32.1. The Hall–Kier alpha value is -2.85. The summed E-state index contributed by atoms with van der Waals surface area (Å²) in [5, 5.41) is 3.07. The molecule has 0 aliphatic carbocycles. The van der Waals surface area contributed by atoms with Gasteiger partial charge in [-0.2, -0.15) is 0 Å². The van der Waals surface area contributed by atoms with E-state index in [1.165, 1.54) is 5.56 Å². The fourth-order valence-corrected chi connectivity index (χ4v) is 4.37. The Bertz CT molecular complexity index is 1140. The van der Waals surface area contributed by atoms with Crippen molar-refractivity contribution in [3.8, 4) is 0 Å². The first-order valence-corrected chi connectivity index (χ1v) is 10.2. The average Bonchev–Trinajstić information content (AvgIpc) is 3.28. The molecule has 0 N–H and O–H groups in total. The van der Waals surface area contributed by atoms with E-state index in [1.807, 2.05) is 62.5 Å². The maximum atomic E-state index is 13.6. The van der Waals surface area contributed by atoms with Crippen molar-refractivity contribution in [2.75, 3.05) is 4.90 Å². The van der Waals surface area contributed by atoms with Crippen molar-refractivity contribution >= 4 is 33.9 Å². The molecule has 2 heterocycles. The highest BCUT2D eigenvalue weighted by Gasteiger charge is 2.25. The number of nitrogens with zero attached hydrogens (tertiary/aromatic N) is 1. The van der Waals surface area contributed by atoms with Gasteiger partial charge in [-0.25, -0.2) is 0 Å². The van der Waals surface area contributed by atoms with Gasteiger partial charge in [0.1, 0.15) is 5.58 Å². The number of rotatable bonds is 4. The number of thiophene rings is 1. The second-order valence-corrected chi connectivity index (χ2v) is 8.35. The number of hydrogen-bond donors (Lipinski definition) is 0. The molecule has 4 rings (SSSR count). The lowest BCUT2D eigenvalue weighted by molar-refractivity contribution is 0.0960. The fraction of sp³-hybridized carbons (Fsp3) is 0.208. The predicted octanol–water partition coefficient (Wildman–Crippen LogP) is 6.57. The van der Waals surface area contributed by atoms with Gasteiger partial charge in [-0.15, -0.1) is 11.3 Å². The van der Waals surface area contributed by atoms with E-state index in [1.54, 1.807) is 16.2 Å². The van der Waals surface area contributed by atoms with Gasteiger partial charge in [0.05, 0.1) is 6.54 Å². The third kappa shape index (κ3) is 3.36. The van der Waals surface area contributed by atoms with Crippen LogP contribution >= 0.6 is 11.3 Å². The summed E-state index contributed by atoms with van der Waals surface area (Å²) in [5.41, 5.74) is 5.98. The molecule has 2 aromatic heterocycles. The molecule has 0 aliphatic heterocycles. The van der Waals surface area contributed by atoms with Gasteiger partial charge in [0.2, 0.25) is 0 Å². The zero-order valence-corrected chi connectivity index (χ0v) is 17.4. The van der Waals surface area contributed by atoms with Crippen LogP contribution in [0.25, 0.3) is 11.0 Å². The molecule has 0 radical (unpaired) electrons. The van der Waals surface area contributed by atoms with Crippen molar-refractivity contribution in [2.24, 2.45) is 0 Å². The zero-order chi connectivity index (χ0) is 19.8. The van der Waals surface area contributed by atoms with Crippen LogP contribution in [0.4, 0.5) is 5.69 Å². The van der Waals surface area contributed by atoms with Crippen molar-refractivity contribution in [3.63, 3.8) is 0 Å². The zero-order valence-electron chi connectivity index (χ0n) is 16.6. The molecule has 0 fully saturated rings. The highest BCUT2D eigenvalue weighted by molar-refractivity contribution is 7.09. The summed E-state index contributed by atoms with van der Waals surface area (Å²) in [4.78, 5) is 16.5. The smallest absolute Gasteiger partial charge is 0.294 e. The van der Waals surface area contributed by atoms with Gasteiger partial charge in [-0.05, 0) is 68.5 Å². The van der Waals surface area contributed by atoms with Gasteiger partial charge in [-0.1, -0.05) is 29.8 Å². The van der Waals surface area contributed by atoms with E-state index >= 15 is 0 Å². The average molecular weight is 390 g/mol. The standard InChI is InChI=1S/C24H23NO2S/c1-15-7-9-19(10-8-15)25(14-20-6-5-11-28-20)24(26)23-18(4)22-17(3)12-16(2)13-21(22)27-23/h5-13H,14H2,1-4H3. The summed E-state index contributed by atoms with van der Waals surface area (Å²) >= 11 is 1.65. The van der Waals surface area contributed by atoms with Gasteiger partial charge in [0.25, 0.3) is 5.91 Å². The minimum Gasteiger partial charge on any atom is -0.451 e. The van der Waals surface area contributed by atoms with Gasteiger partial charge in [-0.3, -0.25) is 4.79 Å². The molecule has 1 amide bonds. The lowest BCUT2D eigenvalue weighted by Gasteiger charge is -2.22. The van der Waals surface area contributed by atoms with Crippen molar-refractivity contribution < 1.29 is 9.21 Å². The van der Waals surface area contributed by atoms with E-state index in [0.29, 0.717) is 12.3 Å². The van der Waals surface area contributed by atoms with Gasteiger partial charge in [0.15, 0.2) is 5.76 Å². The van der Waals surface area contributed by atoms with E-state index < -0.39 is 0 Å². The molecule has 0 aliphatic rings. The van der Waals surface area contributed by atoms with Gasteiger partial charge >= 0.3 is 0 Å². The van der Waals surface area contributed by atoms with E-state index in [4.69, 9.17) is 4.42 Å². The van der Waals surface area contributed by atoms with Gasteiger partial charge in [0, 0.05) is 21.5 Å². The summed E-state index contributed by atoms with van der Waals surface area (Å²) in [6.07, 6.45) is 0. The quantitative estimate of drug-likeness (QED) is 0.395. The summed E-state index contributed by atoms with van der Waals surface area (Å²) in [6.45, 7) is 8.65. The van der Waals surface area contributed by atoms with Crippen LogP contribution in [0.1, 0.15) is 37.7 Å². The monoisotopic (exact) mass is 389 g/mol. The van der Waals surface area contributed by atoms with Crippen molar-refractivity contribution in [2.45, 2.75) is 34.2 Å². The number of benzene rings is 2. The number of amides is 1. The molecule has 0 bridgehead atoms. The normalized spacial score (nSPS) is 11.1. The number of fused-ring (bicyclic) bond motifs is 1. The van der Waals surface area contributed by atoms with Crippen LogP contribution in [0.2, 0.25) is 0 Å². The van der Waals surface area contributed by atoms with Gasteiger partial charge < -0.3 is 9.32 Å². The van der Waals surface area contributed by atoms with Crippen LogP contribution in [-0.4, -0.2) is 5.91 Å². The SMILES string of the molecule is Cc1ccc(N(Cc2cccs2)C(=O)c2oc3cc(C)cc(C)c3c2C)cc1. The summed E-state index contributed by atoms with van der Waals surface area (Å²) in [7, 11) is 0. The lowest BCUT2D eigenvalue weighted by atomic mass is 10.0. The van der Waals surface area contributed by atoms with Crippen LogP contribution in [0, 0.1) is 27.7 Å². The molecular weight excluding hydrogens is 366 g/mol. The topological polar surface area (TPSA) is 33.5 Å². The molecule has 0 saturated carbocycles. The van der Waals surface area contributed by atoms with Crippen molar-refractivity contribution in [1.29, 1.82) is 0 Å². The predicted molar refractivity (Wildman–Crippen MR) is 116 cm³/mol. The molecule has 4 heteroatoms. The molecule has 0 saturated heterocycles. The minimum absolute atomic E-state index is 0.108. The van der Waals surface area contributed by atoms with Crippen LogP contribution in [0.3, 0.4) is 0 Å². The molecule has 2 aromatic carbocycles. The van der Waals surface area contributed by atoms with Crippen LogP contribution < -0.4 is 4.90 Å². The molecule has 28 heavy (non-hydrogen) atoms. The summed E-state index contributed by atoms with van der Waals surface area (Å²) in [5.74, 6) is 0.309. The maximum absolute atomic E-state index is 13.6. The maximum Gasteiger partial charge on any atom is 0.294 e. The van der Waals surface area contributed by atoms with E-state index in [9.17, 15) is 4.79 Å². The number of aryl methyl sites for hydroxylation is 4. The molecule has 0 atom stereocenters. The highest BCUT2D eigenvalue weighted by Crippen LogP contribution is 2.32. The van der Waals surface area contributed by atoms with E-state index in [0.717, 1.165) is 38.2 Å². The summed E-state index contributed by atoms with van der Waals surface area (Å²) < 4.78 is 6.08. The molecular formula is C24H23NO2S. The van der Waals surface area contributed by atoms with Crippen LogP contribution in [-0.2, 0) is 6.54 Å². The Labute approximate surface area is 169 Å². The third-order valence-electron chi connectivity index (χ3n) is 5.05. The number of furan rings is 1. The Morgan fingerprint density at radius 3 is 2.43 bits per heavy atom. The molecule has 3 nitrogen and oxygen atoms in total. The number of carbonyl (C=O) groups excluding carboxylic acids is 1. The number of anilines is 1. The lowest BCUT2D eigenvalue weighted by Crippen LogP contribution is -2.30. The van der Waals surface area contributed by atoms with Crippen molar-refractivity contribution in [3.05, 3.63) is 86.8 Å². The Morgan fingerprint density at radius 1 is 1.00 bits per heavy atom. The first-order valence-electron chi connectivity index (χ1n) is 9.35. The molecule has 4 aromatic rings. The fourth-order valence-electron chi connectivity index (χ4n) is 3.68. The Morgan fingerprint density at radius 2 is 1.75 bits per heavy atom. The molecule has 0 unspecified atom stereocenters. The first-order chi connectivity index (χ1) is 13.4. The molecule has 0 spiro atoms. The third-order valence-corrected chi connectivity index (χ3v) is 5.91. The van der Waals surface area contributed by atoms with Crippen molar-refractivity contribution in [1.82, 2.24) is 0 Å². The Kier molecular flexibility index (Phi) is 4.82. The molecule has 142 valence electrons. The summed E-state index contributed by atoms with van der Waals surface area (Å²) in [6, 6.07) is 16.2. The van der Waals surface area contributed by atoms with E-state index in [-0.39, 0.29) is 5.91 Å². The minimum atomic E-state index is -0.108. The second kappa shape index (κ2) is 7.28.